The smallest absolute Gasteiger partial charge is 0.0826 e. The lowest BCUT2D eigenvalue weighted by Crippen LogP contribution is -2.19. The lowest BCUT2D eigenvalue weighted by molar-refractivity contribution is 0.613. The third-order valence-corrected chi connectivity index (χ3v) is 3.90. The van der Waals surface area contributed by atoms with Crippen LogP contribution < -0.4 is 5.32 Å². The van der Waals surface area contributed by atoms with E-state index in [1.807, 2.05) is 31.2 Å². The summed E-state index contributed by atoms with van der Waals surface area (Å²) >= 11 is 12.2. The van der Waals surface area contributed by atoms with Gasteiger partial charge in [0.15, 0.2) is 0 Å². The first kappa shape index (κ1) is 16.6. The molecule has 0 radical (unpaired) electrons. The van der Waals surface area contributed by atoms with Crippen LogP contribution in [0.15, 0.2) is 67.9 Å². The van der Waals surface area contributed by atoms with Crippen molar-refractivity contribution in [2.45, 2.75) is 6.92 Å². The number of halogens is 2. The average molecular weight is 308 g/mol. The predicted molar refractivity (Wildman–Crippen MR) is 91.4 cm³/mol. The number of anilines is 1. The molecule has 1 aromatic carbocycles. The van der Waals surface area contributed by atoms with Gasteiger partial charge in [-0.25, -0.2) is 0 Å². The molecule has 0 saturated heterocycles. The fraction of sp³-hybridized carbons (Fsp3) is 0.176. The molecule has 1 rings (SSSR count). The third kappa shape index (κ3) is 3.78. The van der Waals surface area contributed by atoms with Crippen molar-refractivity contribution in [3.05, 3.63) is 78.0 Å². The van der Waals surface area contributed by atoms with E-state index < -0.39 is 0 Å². The van der Waals surface area contributed by atoms with Gasteiger partial charge in [-0.1, -0.05) is 60.2 Å². The van der Waals surface area contributed by atoms with Gasteiger partial charge in [-0.2, -0.15) is 0 Å². The molecule has 1 nitrogen and oxygen atoms in total. The van der Waals surface area contributed by atoms with E-state index in [-0.39, 0.29) is 11.8 Å². The SMILES string of the molecule is C=CC(C=C)C(C(=C)C)C(=C)Nc1cccc(Cl)c1Cl. The quantitative estimate of drug-likeness (QED) is 0.600. The number of benzene rings is 1. The van der Waals surface area contributed by atoms with Gasteiger partial charge < -0.3 is 5.32 Å². The van der Waals surface area contributed by atoms with Crippen LogP contribution in [-0.2, 0) is 0 Å². The van der Waals surface area contributed by atoms with Crippen molar-refractivity contribution in [3.63, 3.8) is 0 Å². The Hall–Kier alpha value is -1.44. The Kier molecular flexibility index (Phi) is 6.12. The summed E-state index contributed by atoms with van der Waals surface area (Å²) in [6.07, 6.45) is 3.66. The summed E-state index contributed by atoms with van der Waals surface area (Å²) in [4.78, 5) is 0. The van der Waals surface area contributed by atoms with E-state index in [0.717, 1.165) is 17.0 Å². The molecule has 3 heteroatoms. The lowest BCUT2D eigenvalue weighted by Gasteiger charge is -2.26. The maximum atomic E-state index is 6.17. The van der Waals surface area contributed by atoms with Crippen LogP contribution in [-0.4, -0.2) is 0 Å². The van der Waals surface area contributed by atoms with Crippen LogP contribution in [0, 0.1) is 11.8 Å². The zero-order valence-corrected chi connectivity index (χ0v) is 13.1. The second-order valence-electron chi connectivity index (χ2n) is 4.62. The van der Waals surface area contributed by atoms with E-state index in [1.165, 1.54) is 0 Å². The molecule has 1 N–H and O–H groups in total. The van der Waals surface area contributed by atoms with E-state index in [2.05, 4.69) is 31.6 Å². The number of rotatable bonds is 7. The third-order valence-electron chi connectivity index (χ3n) is 3.08. The molecule has 1 atom stereocenters. The van der Waals surface area contributed by atoms with Gasteiger partial charge in [-0.15, -0.1) is 13.2 Å². The number of hydrogen-bond donors (Lipinski definition) is 1. The van der Waals surface area contributed by atoms with Crippen molar-refractivity contribution in [1.29, 1.82) is 0 Å². The summed E-state index contributed by atoms with van der Waals surface area (Å²) in [5, 5.41) is 4.19. The molecule has 0 fully saturated rings. The highest BCUT2D eigenvalue weighted by molar-refractivity contribution is 6.43. The van der Waals surface area contributed by atoms with Crippen molar-refractivity contribution < 1.29 is 0 Å². The Morgan fingerprint density at radius 3 is 2.30 bits per heavy atom. The first-order chi connectivity index (χ1) is 9.42. The normalized spacial score (nSPS) is 11.8. The maximum absolute atomic E-state index is 6.17. The Morgan fingerprint density at radius 2 is 1.80 bits per heavy atom. The molecule has 0 amide bonds. The highest BCUT2D eigenvalue weighted by Crippen LogP contribution is 2.34. The zero-order valence-electron chi connectivity index (χ0n) is 11.6. The molecular weight excluding hydrogens is 289 g/mol. The average Bonchev–Trinajstić information content (AvgIpc) is 2.40. The Labute approximate surface area is 131 Å². The van der Waals surface area contributed by atoms with Gasteiger partial charge in [0.1, 0.15) is 0 Å². The zero-order chi connectivity index (χ0) is 15.3. The Bertz CT molecular complexity index is 538. The topological polar surface area (TPSA) is 12.0 Å². The van der Waals surface area contributed by atoms with Gasteiger partial charge >= 0.3 is 0 Å². The summed E-state index contributed by atoms with van der Waals surface area (Å²) in [6, 6.07) is 5.42. The first-order valence-electron chi connectivity index (χ1n) is 6.22. The van der Waals surface area contributed by atoms with E-state index >= 15 is 0 Å². The molecule has 106 valence electrons. The van der Waals surface area contributed by atoms with Gasteiger partial charge in [0, 0.05) is 17.5 Å². The molecule has 0 aliphatic heterocycles. The Morgan fingerprint density at radius 1 is 1.20 bits per heavy atom. The van der Waals surface area contributed by atoms with Crippen LogP contribution >= 0.6 is 23.2 Å². The molecule has 0 aliphatic rings. The molecule has 0 heterocycles. The molecular formula is C17H19Cl2N. The minimum absolute atomic E-state index is 0.0000447. The molecule has 0 aromatic heterocycles. The van der Waals surface area contributed by atoms with Crippen LogP contribution in [0.5, 0.6) is 0 Å². The standard InChI is InChI=1S/C17H19Cl2N/c1-6-13(7-2)16(11(3)4)12(5)20-15-10-8-9-14(18)17(15)19/h6-10,13,16,20H,1-3,5H2,4H3. The number of allylic oxidation sites excluding steroid dienone is 3. The lowest BCUT2D eigenvalue weighted by atomic mass is 9.85. The monoisotopic (exact) mass is 307 g/mol. The molecule has 0 bridgehead atoms. The number of nitrogens with one attached hydrogen (secondary N) is 1. The predicted octanol–water partition coefficient (Wildman–Crippen LogP) is 6.10. The summed E-state index contributed by atoms with van der Waals surface area (Å²) in [7, 11) is 0. The van der Waals surface area contributed by atoms with Crippen LogP contribution in [0.3, 0.4) is 0 Å². The summed E-state index contributed by atoms with van der Waals surface area (Å²) in [6.45, 7) is 17.7. The van der Waals surface area contributed by atoms with Crippen LogP contribution in [0.25, 0.3) is 0 Å². The second-order valence-corrected chi connectivity index (χ2v) is 5.41. The van der Waals surface area contributed by atoms with Gasteiger partial charge in [-0.3, -0.25) is 0 Å². The van der Waals surface area contributed by atoms with E-state index in [1.54, 1.807) is 6.07 Å². The maximum Gasteiger partial charge on any atom is 0.0826 e. The van der Waals surface area contributed by atoms with Gasteiger partial charge in [0.25, 0.3) is 0 Å². The van der Waals surface area contributed by atoms with E-state index in [4.69, 9.17) is 23.2 Å². The molecule has 0 saturated carbocycles. The van der Waals surface area contributed by atoms with Crippen LogP contribution in [0.1, 0.15) is 6.92 Å². The van der Waals surface area contributed by atoms with Gasteiger partial charge in [0.05, 0.1) is 15.7 Å². The van der Waals surface area contributed by atoms with Gasteiger partial charge in [-0.05, 0) is 19.1 Å². The molecule has 20 heavy (non-hydrogen) atoms. The summed E-state index contributed by atoms with van der Waals surface area (Å²) in [5.74, 6) is 0.0607. The van der Waals surface area contributed by atoms with Crippen molar-refractivity contribution in [2.24, 2.45) is 11.8 Å². The fourth-order valence-corrected chi connectivity index (χ4v) is 2.43. The van der Waals surface area contributed by atoms with Crippen molar-refractivity contribution in [1.82, 2.24) is 0 Å². The summed E-state index contributed by atoms with van der Waals surface area (Å²) < 4.78 is 0. The molecule has 1 unspecified atom stereocenters. The van der Waals surface area contributed by atoms with Crippen LogP contribution in [0.2, 0.25) is 10.0 Å². The highest BCUT2D eigenvalue weighted by atomic mass is 35.5. The first-order valence-corrected chi connectivity index (χ1v) is 6.98. The van der Waals surface area contributed by atoms with E-state index in [9.17, 15) is 0 Å². The van der Waals surface area contributed by atoms with Crippen LogP contribution in [0.4, 0.5) is 5.69 Å². The summed E-state index contributed by atoms with van der Waals surface area (Å²) in [5.41, 5.74) is 2.49. The minimum Gasteiger partial charge on any atom is -0.358 e. The second kappa shape index (κ2) is 7.37. The molecule has 1 aromatic rings. The largest absolute Gasteiger partial charge is 0.358 e. The van der Waals surface area contributed by atoms with Crippen molar-refractivity contribution in [2.75, 3.05) is 5.32 Å². The minimum atomic E-state index is 0.0000447. The highest BCUT2D eigenvalue weighted by Gasteiger charge is 2.21. The van der Waals surface area contributed by atoms with Gasteiger partial charge in [0.2, 0.25) is 0 Å². The number of hydrogen-bond acceptors (Lipinski definition) is 1. The fourth-order valence-electron chi connectivity index (χ4n) is 2.08. The van der Waals surface area contributed by atoms with Crippen molar-refractivity contribution >= 4 is 28.9 Å². The Balaban J connectivity index is 3.03. The molecule has 0 spiro atoms. The van der Waals surface area contributed by atoms with E-state index in [0.29, 0.717) is 10.0 Å². The molecule has 0 aliphatic carbocycles. The van der Waals surface area contributed by atoms with Crippen molar-refractivity contribution in [3.8, 4) is 0 Å².